The number of hydrogen-bond donors (Lipinski definition) is 0. The summed E-state index contributed by atoms with van der Waals surface area (Å²) >= 11 is 0. The van der Waals surface area contributed by atoms with Crippen LogP contribution in [0.4, 0.5) is 0 Å². The molecule has 0 aromatic rings. The average molecular weight is 166 g/mol. The molecule has 12 heavy (non-hydrogen) atoms. The van der Waals surface area contributed by atoms with Gasteiger partial charge in [-0.05, 0) is 30.9 Å². The number of hydrogen-bond acceptors (Lipinski definition) is 2. The molecular formula is C10H14O2. The molecule has 0 bridgehead atoms. The lowest BCUT2D eigenvalue weighted by Crippen LogP contribution is -2.22. The molecule has 0 radical (unpaired) electrons. The van der Waals surface area contributed by atoms with Crippen LogP contribution in [0, 0.1) is 11.8 Å². The number of rotatable bonds is 1. The highest BCUT2D eigenvalue weighted by molar-refractivity contribution is 4.95. The normalized spacial score (nSPS) is 34.0. The maximum Gasteiger partial charge on any atom is 0.0909 e. The Morgan fingerprint density at radius 1 is 1.17 bits per heavy atom. The van der Waals surface area contributed by atoms with Gasteiger partial charge in [0.05, 0.1) is 25.7 Å². The second-order valence-electron chi connectivity index (χ2n) is 3.35. The quantitative estimate of drug-likeness (QED) is 0.593. The van der Waals surface area contributed by atoms with Crippen LogP contribution < -0.4 is 0 Å². The highest BCUT2D eigenvalue weighted by atomic mass is 16.5. The van der Waals surface area contributed by atoms with Crippen molar-refractivity contribution in [3.63, 3.8) is 0 Å². The smallest absolute Gasteiger partial charge is 0.0909 e. The van der Waals surface area contributed by atoms with E-state index in [1.54, 1.807) is 6.26 Å². The highest BCUT2D eigenvalue weighted by Gasteiger charge is 2.21. The van der Waals surface area contributed by atoms with Gasteiger partial charge in [0.2, 0.25) is 0 Å². The van der Waals surface area contributed by atoms with Gasteiger partial charge < -0.3 is 9.47 Å². The van der Waals surface area contributed by atoms with Crippen LogP contribution >= 0.6 is 0 Å². The lowest BCUT2D eigenvalue weighted by atomic mass is 9.86. The lowest BCUT2D eigenvalue weighted by molar-refractivity contribution is 0.121. The molecule has 2 atom stereocenters. The van der Waals surface area contributed by atoms with Gasteiger partial charge in [0.15, 0.2) is 0 Å². The van der Waals surface area contributed by atoms with Crippen molar-refractivity contribution in [3.05, 3.63) is 24.7 Å². The van der Waals surface area contributed by atoms with Crippen molar-refractivity contribution < 1.29 is 9.47 Å². The monoisotopic (exact) mass is 166 g/mol. The van der Waals surface area contributed by atoms with Gasteiger partial charge in [0.1, 0.15) is 0 Å². The summed E-state index contributed by atoms with van der Waals surface area (Å²) in [5.41, 5.74) is 0. The second-order valence-corrected chi connectivity index (χ2v) is 3.35. The highest BCUT2D eigenvalue weighted by Crippen LogP contribution is 2.26. The SMILES string of the molecule is C1=COCC(C2C=COCC2)C1. The molecule has 0 spiro atoms. The fourth-order valence-electron chi connectivity index (χ4n) is 1.76. The van der Waals surface area contributed by atoms with E-state index in [0.717, 1.165) is 26.1 Å². The Kier molecular flexibility index (Phi) is 2.35. The van der Waals surface area contributed by atoms with Crippen LogP contribution in [-0.4, -0.2) is 13.2 Å². The predicted octanol–water partition coefficient (Wildman–Crippen LogP) is 2.09. The van der Waals surface area contributed by atoms with E-state index in [9.17, 15) is 0 Å². The molecule has 66 valence electrons. The van der Waals surface area contributed by atoms with Crippen molar-refractivity contribution in [1.29, 1.82) is 0 Å². The molecule has 0 fully saturated rings. The van der Waals surface area contributed by atoms with Crippen LogP contribution in [0.5, 0.6) is 0 Å². The first-order chi connectivity index (χ1) is 5.97. The van der Waals surface area contributed by atoms with Crippen molar-refractivity contribution in [1.82, 2.24) is 0 Å². The van der Waals surface area contributed by atoms with Crippen LogP contribution in [-0.2, 0) is 9.47 Å². The Morgan fingerprint density at radius 3 is 2.83 bits per heavy atom. The van der Waals surface area contributed by atoms with Gasteiger partial charge in [-0.1, -0.05) is 0 Å². The van der Waals surface area contributed by atoms with E-state index >= 15 is 0 Å². The van der Waals surface area contributed by atoms with E-state index in [1.807, 2.05) is 6.26 Å². The number of allylic oxidation sites excluding steroid dienone is 2. The van der Waals surface area contributed by atoms with Crippen molar-refractivity contribution in [2.24, 2.45) is 11.8 Å². The van der Waals surface area contributed by atoms with Crippen molar-refractivity contribution in [2.45, 2.75) is 12.8 Å². The Bertz CT molecular complexity index is 196. The summed E-state index contributed by atoms with van der Waals surface area (Å²) < 4.78 is 10.4. The van der Waals surface area contributed by atoms with E-state index in [0.29, 0.717) is 11.8 Å². The molecule has 0 aliphatic carbocycles. The molecule has 2 aliphatic rings. The van der Waals surface area contributed by atoms with E-state index in [-0.39, 0.29) is 0 Å². The lowest BCUT2D eigenvalue weighted by Gasteiger charge is -2.27. The Morgan fingerprint density at radius 2 is 2.17 bits per heavy atom. The minimum absolute atomic E-state index is 0.656. The first kappa shape index (κ1) is 7.71. The van der Waals surface area contributed by atoms with Crippen LogP contribution in [0.1, 0.15) is 12.8 Å². The Balaban J connectivity index is 1.94. The van der Waals surface area contributed by atoms with Gasteiger partial charge in [-0.3, -0.25) is 0 Å². The fraction of sp³-hybridized carbons (Fsp3) is 0.600. The zero-order valence-corrected chi connectivity index (χ0v) is 7.11. The molecule has 0 aromatic heterocycles. The summed E-state index contributed by atoms with van der Waals surface area (Å²) in [6, 6.07) is 0. The van der Waals surface area contributed by atoms with Gasteiger partial charge in [-0.25, -0.2) is 0 Å². The Hall–Kier alpha value is -0.920. The molecule has 2 aliphatic heterocycles. The topological polar surface area (TPSA) is 18.5 Å². The third-order valence-electron chi connectivity index (χ3n) is 2.54. The van der Waals surface area contributed by atoms with Gasteiger partial charge in [-0.15, -0.1) is 0 Å². The summed E-state index contributed by atoms with van der Waals surface area (Å²) in [4.78, 5) is 0. The fourth-order valence-corrected chi connectivity index (χ4v) is 1.76. The second kappa shape index (κ2) is 3.65. The molecule has 2 heterocycles. The molecule has 0 saturated carbocycles. The zero-order chi connectivity index (χ0) is 8.23. The Labute approximate surface area is 72.9 Å². The zero-order valence-electron chi connectivity index (χ0n) is 7.11. The molecule has 2 nitrogen and oxygen atoms in total. The largest absolute Gasteiger partial charge is 0.501 e. The van der Waals surface area contributed by atoms with E-state index < -0.39 is 0 Å². The van der Waals surface area contributed by atoms with Gasteiger partial charge in [-0.2, -0.15) is 0 Å². The maximum absolute atomic E-state index is 5.28. The van der Waals surface area contributed by atoms with Crippen molar-refractivity contribution in [3.8, 4) is 0 Å². The molecule has 2 rings (SSSR count). The van der Waals surface area contributed by atoms with Gasteiger partial charge in [0.25, 0.3) is 0 Å². The van der Waals surface area contributed by atoms with Crippen molar-refractivity contribution in [2.75, 3.05) is 13.2 Å². The standard InChI is InChI=1S/C10H14O2/c1-2-10(8-12-5-1)9-3-6-11-7-4-9/h1,3,5-6,9-10H,2,4,7-8H2. The molecule has 0 aromatic carbocycles. The summed E-state index contributed by atoms with van der Waals surface area (Å²) in [7, 11) is 0. The minimum atomic E-state index is 0.656. The molecule has 0 amide bonds. The van der Waals surface area contributed by atoms with Gasteiger partial charge >= 0.3 is 0 Å². The summed E-state index contributed by atoms with van der Waals surface area (Å²) in [6.45, 7) is 1.73. The summed E-state index contributed by atoms with van der Waals surface area (Å²) in [5.74, 6) is 1.32. The summed E-state index contributed by atoms with van der Waals surface area (Å²) in [5, 5.41) is 0. The van der Waals surface area contributed by atoms with Crippen molar-refractivity contribution >= 4 is 0 Å². The van der Waals surface area contributed by atoms with Crippen LogP contribution in [0.3, 0.4) is 0 Å². The average Bonchev–Trinajstić information content (AvgIpc) is 2.21. The first-order valence-electron chi connectivity index (χ1n) is 4.52. The molecule has 0 N–H and O–H groups in total. The van der Waals surface area contributed by atoms with Crippen LogP contribution in [0.25, 0.3) is 0 Å². The van der Waals surface area contributed by atoms with E-state index in [4.69, 9.17) is 9.47 Å². The summed E-state index contributed by atoms with van der Waals surface area (Å²) in [6.07, 6.45) is 10.2. The third-order valence-corrected chi connectivity index (χ3v) is 2.54. The third kappa shape index (κ3) is 1.63. The van der Waals surface area contributed by atoms with E-state index in [2.05, 4.69) is 12.2 Å². The maximum atomic E-state index is 5.28. The van der Waals surface area contributed by atoms with Crippen LogP contribution in [0.2, 0.25) is 0 Å². The first-order valence-corrected chi connectivity index (χ1v) is 4.52. The molecule has 0 saturated heterocycles. The van der Waals surface area contributed by atoms with E-state index in [1.165, 1.54) is 0 Å². The molecule has 2 unspecified atom stereocenters. The molecular weight excluding hydrogens is 152 g/mol. The molecule has 2 heteroatoms. The minimum Gasteiger partial charge on any atom is -0.501 e. The van der Waals surface area contributed by atoms with Crippen LogP contribution in [0.15, 0.2) is 24.7 Å². The van der Waals surface area contributed by atoms with Gasteiger partial charge in [0, 0.05) is 5.92 Å². The predicted molar refractivity (Wildman–Crippen MR) is 46.4 cm³/mol. The number of ether oxygens (including phenoxy) is 2.